The lowest BCUT2D eigenvalue weighted by Crippen LogP contribution is -2.40. The summed E-state index contributed by atoms with van der Waals surface area (Å²) in [4.78, 5) is 27.8. The zero-order valence-electron chi connectivity index (χ0n) is 13.2. The van der Waals surface area contributed by atoms with E-state index in [1.807, 2.05) is 19.9 Å². The van der Waals surface area contributed by atoms with Gasteiger partial charge in [0.05, 0.1) is 11.4 Å². The fourth-order valence-corrected chi connectivity index (χ4v) is 3.86. The Morgan fingerprint density at radius 1 is 1.48 bits per heavy atom. The third-order valence-corrected chi connectivity index (χ3v) is 4.94. The highest BCUT2D eigenvalue weighted by atomic mass is 32.1. The Hall–Kier alpha value is -1.36. The topological polar surface area (TPSA) is 49.4 Å². The summed E-state index contributed by atoms with van der Waals surface area (Å²) < 4.78 is 0. The summed E-state index contributed by atoms with van der Waals surface area (Å²) >= 11 is 1.59. The first kappa shape index (κ1) is 16.0. The molecule has 0 saturated heterocycles. The second-order valence-corrected chi connectivity index (χ2v) is 7.43. The maximum absolute atomic E-state index is 12.4. The fraction of sp³-hybridized carbons (Fsp3) is 0.625. The molecule has 1 aliphatic carbocycles. The average molecular weight is 308 g/mol. The molecule has 1 aromatic rings. The largest absolute Gasteiger partial charge is 0.352 e. The SMILES string of the molecule is CC(C)NC(=O)CN(C)C(=O)c1cc2c(s1)CC[C@H](C)C2. The van der Waals surface area contributed by atoms with E-state index in [-0.39, 0.29) is 24.4 Å². The molecule has 0 radical (unpaired) electrons. The summed E-state index contributed by atoms with van der Waals surface area (Å²) in [6, 6.07) is 2.12. The van der Waals surface area contributed by atoms with Gasteiger partial charge in [-0.3, -0.25) is 9.59 Å². The Kier molecular flexibility index (Phi) is 5.04. The zero-order valence-corrected chi connectivity index (χ0v) is 14.0. The fourth-order valence-electron chi connectivity index (χ4n) is 2.65. The second kappa shape index (κ2) is 6.60. The van der Waals surface area contributed by atoms with Crippen molar-refractivity contribution in [2.45, 2.75) is 46.1 Å². The maximum Gasteiger partial charge on any atom is 0.264 e. The van der Waals surface area contributed by atoms with E-state index in [0.29, 0.717) is 5.92 Å². The molecule has 1 atom stereocenters. The van der Waals surface area contributed by atoms with Crippen molar-refractivity contribution in [1.82, 2.24) is 10.2 Å². The molecule has 0 aliphatic heterocycles. The quantitative estimate of drug-likeness (QED) is 0.929. The Morgan fingerprint density at radius 2 is 2.19 bits per heavy atom. The number of carbonyl (C=O) groups is 2. The van der Waals surface area contributed by atoms with Gasteiger partial charge in [0.1, 0.15) is 0 Å². The molecular formula is C16H24N2O2S. The highest BCUT2D eigenvalue weighted by Gasteiger charge is 2.23. The molecule has 5 heteroatoms. The molecule has 4 nitrogen and oxygen atoms in total. The lowest BCUT2D eigenvalue weighted by atomic mass is 9.90. The van der Waals surface area contributed by atoms with Crippen LogP contribution in [0.1, 0.15) is 47.3 Å². The van der Waals surface area contributed by atoms with Gasteiger partial charge < -0.3 is 10.2 Å². The van der Waals surface area contributed by atoms with Crippen LogP contribution in [0.2, 0.25) is 0 Å². The summed E-state index contributed by atoms with van der Waals surface area (Å²) in [6.45, 7) is 6.18. The first-order valence-electron chi connectivity index (χ1n) is 7.53. The summed E-state index contributed by atoms with van der Waals surface area (Å²) in [7, 11) is 1.68. The molecule has 1 heterocycles. The minimum atomic E-state index is -0.115. The van der Waals surface area contributed by atoms with Crippen LogP contribution in [0, 0.1) is 5.92 Å². The molecule has 2 amide bonds. The van der Waals surface area contributed by atoms with Gasteiger partial charge in [-0.15, -0.1) is 11.3 Å². The molecule has 0 fully saturated rings. The van der Waals surface area contributed by atoms with Crippen molar-refractivity contribution in [1.29, 1.82) is 0 Å². The minimum absolute atomic E-state index is 0.0547. The van der Waals surface area contributed by atoms with Crippen LogP contribution < -0.4 is 5.32 Å². The Balaban J connectivity index is 2.01. The van der Waals surface area contributed by atoms with Gasteiger partial charge in [0.2, 0.25) is 5.91 Å². The van der Waals surface area contributed by atoms with E-state index in [0.717, 1.165) is 17.7 Å². The molecule has 2 rings (SSSR count). The van der Waals surface area contributed by atoms with Crippen molar-refractivity contribution in [3.8, 4) is 0 Å². The number of thiophene rings is 1. The monoisotopic (exact) mass is 308 g/mol. The smallest absolute Gasteiger partial charge is 0.264 e. The van der Waals surface area contributed by atoms with Gasteiger partial charge in [0, 0.05) is 18.0 Å². The predicted octanol–water partition coefficient (Wildman–Crippen LogP) is 2.47. The van der Waals surface area contributed by atoms with Gasteiger partial charge in [-0.25, -0.2) is 0 Å². The minimum Gasteiger partial charge on any atom is -0.352 e. The number of nitrogens with one attached hydrogen (secondary N) is 1. The molecule has 0 saturated carbocycles. The highest BCUT2D eigenvalue weighted by molar-refractivity contribution is 7.14. The number of nitrogens with zero attached hydrogens (tertiary/aromatic N) is 1. The summed E-state index contributed by atoms with van der Waals surface area (Å²) in [5.41, 5.74) is 1.32. The van der Waals surface area contributed by atoms with E-state index in [9.17, 15) is 9.59 Å². The van der Waals surface area contributed by atoms with E-state index < -0.39 is 0 Å². The number of carbonyl (C=O) groups excluding carboxylic acids is 2. The number of hydrogen-bond donors (Lipinski definition) is 1. The van der Waals surface area contributed by atoms with Crippen LogP contribution in [-0.2, 0) is 17.6 Å². The Bertz CT molecular complexity index is 536. The zero-order chi connectivity index (χ0) is 15.6. The summed E-state index contributed by atoms with van der Waals surface area (Å²) in [5, 5.41) is 2.81. The van der Waals surface area contributed by atoms with E-state index >= 15 is 0 Å². The lowest BCUT2D eigenvalue weighted by molar-refractivity contribution is -0.122. The molecule has 1 aliphatic rings. The Labute approximate surface area is 130 Å². The molecule has 0 spiro atoms. The number of likely N-dealkylation sites (N-methyl/N-ethyl adjacent to an activating group) is 1. The maximum atomic E-state index is 12.4. The molecule has 1 N–H and O–H groups in total. The van der Waals surface area contributed by atoms with Gasteiger partial charge in [0.15, 0.2) is 0 Å². The van der Waals surface area contributed by atoms with Gasteiger partial charge >= 0.3 is 0 Å². The van der Waals surface area contributed by atoms with E-state index in [4.69, 9.17) is 0 Å². The lowest BCUT2D eigenvalue weighted by Gasteiger charge is -2.17. The van der Waals surface area contributed by atoms with Crippen LogP contribution in [0.4, 0.5) is 0 Å². The van der Waals surface area contributed by atoms with Crippen LogP contribution in [0.25, 0.3) is 0 Å². The van der Waals surface area contributed by atoms with Crippen molar-refractivity contribution >= 4 is 23.2 Å². The predicted molar refractivity (Wildman–Crippen MR) is 85.7 cm³/mol. The Morgan fingerprint density at radius 3 is 2.86 bits per heavy atom. The molecule has 21 heavy (non-hydrogen) atoms. The van der Waals surface area contributed by atoms with Crippen LogP contribution in [-0.4, -0.2) is 36.3 Å². The van der Waals surface area contributed by atoms with Gasteiger partial charge in [0.25, 0.3) is 5.91 Å². The van der Waals surface area contributed by atoms with Crippen molar-refractivity contribution in [3.63, 3.8) is 0 Å². The summed E-state index contributed by atoms with van der Waals surface area (Å²) in [5.74, 6) is 0.529. The normalized spacial score (nSPS) is 17.5. The van der Waals surface area contributed by atoms with Gasteiger partial charge in [-0.2, -0.15) is 0 Å². The number of hydrogen-bond acceptors (Lipinski definition) is 3. The van der Waals surface area contributed by atoms with Gasteiger partial charge in [-0.1, -0.05) is 6.92 Å². The molecule has 0 aromatic carbocycles. The molecule has 116 valence electrons. The van der Waals surface area contributed by atoms with E-state index in [1.54, 1.807) is 18.4 Å². The highest BCUT2D eigenvalue weighted by Crippen LogP contribution is 2.32. The number of amides is 2. The standard InChI is InChI=1S/C16H24N2O2S/c1-10(2)17-15(19)9-18(4)16(20)14-8-12-7-11(3)5-6-13(12)21-14/h8,10-11H,5-7,9H2,1-4H3,(H,17,19)/t11-/m0/s1. The molecular weight excluding hydrogens is 284 g/mol. The van der Waals surface area contributed by atoms with E-state index in [2.05, 4.69) is 12.2 Å². The van der Waals surface area contributed by atoms with Crippen molar-refractivity contribution in [3.05, 3.63) is 21.4 Å². The van der Waals surface area contributed by atoms with E-state index in [1.165, 1.54) is 21.8 Å². The molecule has 0 unspecified atom stereocenters. The first-order valence-corrected chi connectivity index (χ1v) is 8.35. The third kappa shape index (κ3) is 4.06. The van der Waals surface area contributed by atoms with Crippen molar-refractivity contribution < 1.29 is 9.59 Å². The number of fused-ring (bicyclic) bond motifs is 1. The average Bonchev–Trinajstić information content (AvgIpc) is 2.79. The van der Waals surface area contributed by atoms with Crippen molar-refractivity contribution in [2.75, 3.05) is 13.6 Å². The van der Waals surface area contributed by atoms with Crippen LogP contribution in [0.5, 0.6) is 0 Å². The first-order chi connectivity index (χ1) is 9.86. The summed E-state index contributed by atoms with van der Waals surface area (Å²) in [6.07, 6.45) is 3.34. The number of aryl methyl sites for hydroxylation is 1. The van der Waals surface area contributed by atoms with Crippen LogP contribution in [0.3, 0.4) is 0 Å². The van der Waals surface area contributed by atoms with Crippen molar-refractivity contribution in [2.24, 2.45) is 5.92 Å². The molecule has 1 aromatic heterocycles. The molecule has 0 bridgehead atoms. The van der Waals surface area contributed by atoms with Crippen LogP contribution >= 0.6 is 11.3 Å². The number of rotatable bonds is 4. The second-order valence-electron chi connectivity index (χ2n) is 6.29. The third-order valence-electron chi connectivity index (χ3n) is 3.72. The van der Waals surface area contributed by atoms with Crippen LogP contribution in [0.15, 0.2) is 6.07 Å². The van der Waals surface area contributed by atoms with Gasteiger partial charge in [-0.05, 0) is 50.7 Å².